The van der Waals surface area contributed by atoms with E-state index in [1.54, 1.807) is 18.3 Å². The molecule has 0 bridgehead atoms. The average Bonchev–Trinajstić information content (AvgIpc) is 2.68. The fourth-order valence-electron chi connectivity index (χ4n) is 2.82. The third-order valence-electron chi connectivity index (χ3n) is 4.25. The lowest BCUT2D eigenvalue weighted by Gasteiger charge is -2.14. The van der Waals surface area contributed by atoms with Crippen LogP contribution in [0.3, 0.4) is 0 Å². The van der Waals surface area contributed by atoms with E-state index in [0.29, 0.717) is 30.1 Å². The molecule has 2 aromatic heterocycles. The Balaban J connectivity index is 2.07. The number of rotatable bonds is 6. The second kappa shape index (κ2) is 8.21. The molecule has 2 heterocycles. The van der Waals surface area contributed by atoms with Crippen LogP contribution in [0.2, 0.25) is 0 Å². The molecule has 1 aromatic carbocycles. The predicted molar refractivity (Wildman–Crippen MR) is 105 cm³/mol. The zero-order valence-corrected chi connectivity index (χ0v) is 16.0. The highest BCUT2D eigenvalue weighted by molar-refractivity contribution is 6.01. The molecule has 3 rings (SSSR count). The second-order valence-electron chi connectivity index (χ2n) is 6.97. The molecule has 0 radical (unpaired) electrons. The van der Waals surface area contributed by atoms with E-state index in [9.17, 15) is 14.3 Å². The predicted octanol–water partition coefficient (Wildman–Crippen LogP) is 3.92. The Morgan fingerprint density at radius 1 is 1.25 bits per heavy atom. The van der Waals surface area contributed by atoms with Crippen molar-refractivity contribution in [3.8, 4) is 5.75 Å². The minimum absolute atomic E-state index is 0.181. The van der Waals surface area contributed by atoms with Crippen molar-refractivity contribution >= 4 is 22.7 Å². The molecule has 0 saturated carbocycles. The smallest absolute Gasteiger partial charge is 0.360 e. The topological polar surface area (TPSA) is 84.3 Å². The van der Waals surface area contributed by atoms with E-state index in [4.69, 9.17) is 4.74 Å². The molecule has 28 heavy (non-hydrogen) atoms. The van der Waals surface area contributed by atoms with Gasteiger partial charge in [0.25, 0.3) is 0 Å². The van der Waals surface area contributed by atoms with E-state index in [-0.39, 0.29) is 22.8 Å². The van der Waals surface area contributed by atoms with Crippen molar-refractivity contribution in [2.75, 3.05) is 19.0 Å². The molecule has 0 fully saturated rings. The number of anilines is 1. The van der Waals surface area contributed by atoms with Gasteiger partial charge in [-0.3, -0.25) is 4.98 Å². The first-order chi connectivity index (χ1) is 13.4. The Hall–Kier alpha value is -3.22. The summed E-state index contributed by atoms with van der Waals surface area (Å²) < 4.78 is 17.8. The Bertz CT molecular complexity index is 1000. The summed E-state index contributed by atoms with van der Waals surface area (Å²) in [5.41, 5.74) is 1.89. The Morgan fingerprint density at radius 3 is 2.61 bits per heavy atom. The number of benzene rings is 1. The van der Waals surface area contributed by atoms with Crippen molar-refractivity contribution < 1.29 is 19.0 Å². The van der Waals surface area contributed by atoms with Crippen molar-refractivity contribution in [2.24, 2.45) is 5.92 Å². The maximum atomic E-state index is 13.1. The summed E-state index contributed by atoms with van der Waals surface area (Å²) in [5.74, 6) is -0.530. The molecule has 0 atom stereocenters. The van der Waals surface area contributed by atoms with Gasteiger partial charge in [-0.2, -0.15) is 0 Å². The third kappa shape index (κ3) is 4.19. The van der Waals surface area contributed by atoms with Crippen LogP contribution in [0.5, 0.6) is 5.75 Å². The minimum Gasteiger partial charge on any atom is -0.504 e. The van der Waals surface area contributed by atoms with Gasteiger partial charge in [0.2, 0.25) is 0 Å². The van der Waals surface area contributed by atoms with Gasteiger partial charge in [-0.25, -0.2) is 14.2 Å². The molecule has 6 nitrogen and oxygen atoms in total. The summed E-state index contributed by atoms with van der Waals surface area (Å²) in [5, 5.41) is 14.3. The van der Waals surface area contributed by atoms with E-state index in [0.717, 1.165) is 11.1 Å². The van der Waals surface area contributed by atoms with E-state index in [1.807, 2.05) is 6.07 Å². The zero-order valence-electron chi connectivity index (χ0n) is 16.0. The van der Waals surface area contributed by atoms with E-state index in [1.165, 1.54) is 19.2 Å². The molecular formula is C21H22FN3O3. The molecule has 0 unspecified atom stereocenters. The van der Waals surface area contributed by atoms with Crippen LogP contribution >= 0.6 is 0 Å². The number of nitrogens with one attached hydrogen (secondary N) is 1. The van der Waals surface area contributed by atoms with Crippen LogP contribution in [0.1, 0.15) is 35.5 Å². The van der Waals surface area contributed by atoms with Crippen LogP contribution in [0.4, 0.5) is 10.2 Å². The number of halogens is 1. The van der Waals surface area contributed by atoms with Crippen molar-refractivity contribution in [1.82, 2.24) is 9.97 Å². The van der Waals surface area contributed by atoms with Gasteiger partial charge in [-0.1, -0.05) is 26.0 Å². The Labute approximate surface area is 162 Å². The number of pyridine rings is 2. The summed E-state index contributed by atoms with van der Waals surface area (Å²) >= 11 is 0. The van der Waals surface area contributed by atoms with Crippen LogP contribution in [0, 0.1) is 11.7 Å². The zero-order chi connectivity index (χ0) is 20.3. The number of esters is 1. The maximum absolute atomic E-state index is 13.1. The summed E-state index contributed by atoms with van der Waals surface area (Å²) in [6, 6.07) is 8.12. The van der Waals surface area contributed by atoms with Crippen LogP contribution < -0.4 is 5.32 Å². The van der Waals surface area contributed by atoms with Gasteiger partial charge in [0.1, 0.15) is 17.2 Å². The lowest BCUT2D eigenvalue weighted by Crippen LogP contribution is -2.13. The van der Waals surface area contributed by atoms with Gasteiger partial charge in [0, 0.05) is 18.1 Å². The standard InChI is InChI=1S/C21H22FN3O3/c1-12(2)10-24-20-16-9-14(8-13-4-6-15(22)7-5-13)11-23-17(16)19(26)18(25-20)21(27)28-3/h4-7,9,11-12,26H,8,10H2,1-3H3,(H,24,25). The van der Waals surface area contributed by atoms with Gasteiger partial charge in [-0.05, 0) is 41.7 Å². The van der Waals surface area contributed by atoms with Gasteiger partial charge in [0.15, 0.2) is 11.4 Å². The highest BCUT2D eigenvalue weighted by Crippen LogP contribution is 2.32. The quantitative estimate of drug-likeness (QED) is 0.628. The van der Waals surface area contributed by atoms with E-state index in [2.05, 4.69) is 29.1 Å². The molecule has 2 N–H and O–H groups in total. The molecule has 0 aliphatic rings. The number of aromatic hydroxyl groups is 1. The van der Waals surface area contributed by atoms with Crippen LogP contribution in [0.15, 0.2) is 36.5 Å². The van der Waals surface area contributed by atoms with Crippen molar-refractivity contribution in [1.29, 1.82) is 0 Å². The van der Waals surface area contributed by atoms with E-state index < -0.39 is 5.97 Å². The SMILES string of the molecule is COC(=O)c1nc(NCC(C)C)c2cc(Cc3ccc(F)cc3)cnc2c1O. The monoisotopic (exact) mass is 383 g/mol. The number of carbonyl (C=O) groups is 1. The van der Waals surface area contributed by atoms with E-state index >= 15 is 0 Å². The molecule has 146 valence electrons. The highest BCUT2D eigenvalue weighted by Gasteiger charge is 2.21. The number of carbonyl (C=O) groups excluding carboxylic acids is 1. The normalized spacial score (nSPS) is 11.0. The number of hydrogen-bond donors (Lipinski definition) is 2. The minimum atomic E-state index is -0.732. The number of fused-ring (bicyclic) bond motifs is 1. The summed E-state index contributed by atoms with van der Waals surface area (Å²) in [7, 11) is 1.23. The fraction of sp³-hybridized carbons (Fsp3) is 0.286. The second-order valence-corrected chi connectivity index (χ2v) is 6.97. The summed E-state index contributed by atoms with van der Waals surface area (Å²) in [6.07, 6.45) is 2.17. The number of methoxy groups -OCH3 is 1. The molecule has 0 amide bonds. The summed E-state index contributed by atoms with van der Waals surface area (Å²) in [4.78, 5) is 20.6. The fourth-order valence-corrected chi connectivity index (χ4v) is 2.82. The number of nitrogens with zero attached hydrogens (tertiary/aromatic N) is 2. The number of hydrogen-bond acceptors (Lipinski definition) is 6. The largest absolute Gasteiger partial charge is 0.504 e. The lowest BCUT2D eigenvalue weighted by molar-refractivity contribution is 0.0591. The van der Waals surface area contributed by atoms with Gasteiger partial charge >= 0.3 is 5.97 Å². The molecule has 0 aliphatic heterocycles. The first-order valence-electron chi connectivity index (χ1n) is 8.97. The first kappa shape index (κ1) is 19.5. The first-order valence-corrected chi connectivity index (χ1v) is 8.97. The summed E-state index contributed by atoms with van der Waals surface area (Å²) in [6.45, 7) is 4.74. The van der Waals surface area contributed by atoms with Crippen LogP contribution in [-0.4, -0.2) is 34.7 Å². The molecule has 3 aromatic rings. The molecule has 7 heteroatoms. The van der Waals surface area contributed by atoms with Crippen LogP contribution in [0.25, 0.3) is 10.9 Å². The van der Waals surface area contributed by atoms with Crippen LogP contribution in [-0.2, 0) is 11.2 Å². The van der Waals surface area contributed by atoms with Crippen molar-refractivity contribution in [2.45, 2.75) is 20.3 Å². The number of aromatic nitrogens is 2. The lowest BCUT2D eigenvalue weighted by atomic mass is 10.0. The highest BCUT2D eigenvalue weighted by atomic mass is 19.1. The molecule has 0 spiro atoms. The van der Waals surface area contributed by atoms with Crippen molar-refractivity contribution in [3.63, 3.8) is 0 Å². The Morgan fingerprint density at radius 2 is 1.96 bits per heavy atom. The third-order valence-corrected chi connectivity index (χ3v) is 4.25. The molecular weight excluding hydrogens is 361 g/mol. The van der Waals surface area contributed by atoms with Crippen molar-refractivity contribution in [3.05, 3.63) is 59.2 Å². The van der Waals surface area contributed by atoms with Gasteiger partial charge < -0.3 is 15.2 Å². The number of ether oxygens (including phenoxy) is 1. The molecule has 0 saturated heterocycles. The maximum Gasteiger partial charge on any atom is 0.360 e. The Kier molecular flexibility index (Phi) is 5.73. The average molecular weight is 383 g/mol. The van der Waals surface area contributed by atoms with Gasteiger partial charge in [0.05, 0.1) is 7.11 Å². The van der Waals surface area contributed by atoms with Gasteiger partial charge in [-0.15, -0.1) is 0 Å². The molecule has 0 aliphatic carbocycles.